The number of carbonyl (C=O) groups is 1. The predicted octanol–water partition coefficient (Wildman–Crippen LogP) is 1.66. The van der Waals surface area contributed by atoms with Crippen molar-refractivity contribution in [2.45, 2.75) is 19.3 Å². The van der Waals surface area contributed by atoms with Crippen molar-refractivity contribution < 1.29 is 14.5 Å². The molecule has 3 rings (SSSR count). The number of hydrogen-bond acceptors (Lipinski definition) is 4. The second-order valence-corrected chi connectivity index (χ2v) is 4.62. The first-order valence-corrected chi connectivity index (χ1v) is 6.01. The van der Waals surface area contributed by atoms with Crippen LogP contribution in [0.15, 0.2) is 24.0 Å². The quantitative estimate of drug-likeness (QED) is 0.332. The maximum atomic E-state index is 12.4. The molecule has 1 atom stereocenters. The number of carbonyl (C=O) groups excluding carboxylic acids is 1. The Morgan fingerprint density at radius 3 is 3.00 bits per heavy atom. The number of allylic oxidation sites excluding steroid dienone is 2. The van der Waals surface area contributed by atoms with E-state index in [9.17, 15) is 20.1 Å². The summed E-state index contributed by atoms with van der Waals surface area (Å²) in [6.45, 7) is 0. The highest BCUT2D eigenvalue weighted by atomic mass is 16.6. The van der Waals surface area contributed by atoms with E-state index in [0.717, 1.165) is 19.1 Å². The summed E-state index contributed by atoms with van der Waals surface area (Å²) in [5.74, 6) is -0.778. The van der Waals surface area contributed by atoms with Gasteiger partial charge in [-0.25, -0.2) is 0 Å². The normalized spacial score (nSPS) is 21.9. The zero-order valence-corrected chi connectivity index (χ0v) is 9.98. The molecule has 0 spiro atoms. The number of nitro groups is 1. The molecule has 1 aromatic heterocycles. The molecule has 0 amide bonds. The SMILES string of the molecule is O=C1C2CCCC=C2[N+]([O-])=Cc2c([N+](=O)[O-])ccn21. The van der Waals surface area contributed by atoms with Crippen LogP contribution in [0.25, 0.3) is 0 Å². The molecule has 1 aromatic rings. The summed E-state index contributed by atoms with van der Waals surface area (Å²) in [5.41, 5.74) is 0.211. The summed E-state index contributed by atoms with van der Waals surface area (Å²) in [5, 5.41) is 22.9. The minimum absolute atomic E-state index is 0.0419. The highest BCUT2D eigenvalue weighted by Gasteiger charge is 2.37. The Labute approximate surface area is 108 Å². The summed E-state index contributed by atoms with van der Waals surface area (Å²) in [4.78, 5) is 22.7. The molecule has 0 aromatic carbocycles. The van der Waals surface area contributed by atoms with Gasteiger partial charge in [-0.2, -0.15) is 4.74 Å². The van der Waals surface area contributed by atoms with Crippen LogP contribution in [0.4, 0.5) is 5.69 Å². The lowest BCUT2D eigenvalue weighted by atomic mass is 9.91. The second-order valence-electron chi connectivity index (χ2n) is 4.62. The Morgan fingerprint density at radius 1 is 1.47 bits per heavy atom. The third kappa shape index (κ3) is 1.66. The fourth-order valence-corrected chi connectivity index (χ4v) is 2.62. The van der Waals surface area contributed by atoms with Crippen LogP contribution in [0.5, 0.6) is 0 Å². The number of aromatic nitrogens is 1. The van der Waals surface area contributed by atoms with Crippen molar-refractivity contribution in [1.82, 2.24) is 4.57 Å². The first kappa shape index (κ1) is 11.6. The van der Waals surface area contributed by atoms with Crippen LogP contribution < -0.4 is 0 Å². The standard InChI is InChI=1S/C12H11N3O4/c16-12-8-3-1-2-4-9(8)14(17)7-11-10(15(18)19)5-6-13(11)12/h4-8H,1-3H2. The van der Waals surface area contributed by atoms with Gasteiger partial charge < -0.3 is 5.21 Å². The highest BCUT2D eigenvalue weighted by Crippen LogP contribution is 2.31. The number of fused-ring (bicyclic) bond motifs is 2. The summed E-state index contributed by atoms with van der Waals surface area (Å²) >= 11 is 0. The summed E-state index contributed by atoms with van der Waals surface area (Å²) in [7, 11) is 0. The fraction of sp³-hybridized carbons (Fsp3) is 0.333. The first-order chi connectivity index (χ1) is 9.09. The van der Waals surface area contributed by atoms with Gasteiger partial charge in [0.15, 0.2) is 5.69 Å². The third-order valence-corrected chi connectivity index (χ3v) is 3.54. The predicted molar refractivity (Wildman–Crippen MR) is 65.9 cm³/mol. The lowest BCUT2D eigenvalue weighted by molar-refractivity contribution is -0.405. The van der Waals surface area contributed by atoms with Crippen molar-refractivity contribution in [3.8, 4) is 0 Å². The van der Waals surface area contributed by atoms with E-state index < -0.39 is 10.8 Å². The molecule has 19 heavy (non-hydrogen) atoms. The molecule has 0 N–H and O–H groups in total. The number of hydroxylamine groups is 1. The average Bonchev–Trinajstić information content (AvgIpc) is 2.77. The molecule has 1 aliphatic carbocycles. The molecule has 2 aliphatic rings. The monoisotopic (exact) mass is 261 g/mol. The van der Waals surface area contributed by atoms with Crippen LogP contribution >= 0.6 is 0 Å². The fourth-order valence-electron chi connectivity index (χ4n) is 2.62. The first-order valence-electron chi connectivity index (χ1n) is 6.01. The van der Waals surface area contributed by atoms with Gasteiger partial charge in [0.25, 0.3) is 0 Å². The Morgan fingerprint density at radius 2 is 2.26 bits per heavy atom. The smallest absolute Gasteiger partial charge is 0.301 e. The minimum Gasteiger partial charge on any atom is -0.618 e. The average molecular weight is 261 g/mol. The van der Waals surface area contributed by atoms with E-state index in [2.05, 4.69) is 0 Å². The Hall–Kier alpha value is -2.44. The van der Waals surface area contributed by atoms with Crippen molar-refractivity contribution in [2.75, 3.05) is 0 Å². The molecule has 7 nitrogen and oxygen atoms in total. The van der Waals surface area contributed by atoms with Crippen molar-refractivity contribution in [2.24, 2.45) is 5.92 Å². The molecular weight excluding hydrogens is 250 g/mol. The summed E-state index contributed by atoms with van der Waals surface area (Å²) < 4.78 is 1.80. The number of hydrogen-bond donors (Lipinski definition) is 0. The second kappa shape index (κ2) is 4.04. The Balaban J connectivity index is 2.22. The topological polar surface area (TPSA) is 91.2 Å². The highest BCUT2D eigenvalue weighted by molar-refractivity contribution is 5.94. The maximum absolute atomic E-state index is 12.4. The maximum Gasteiger partial charge on any atom is 0.301 e. The minimum atomic E-state index is -0.590. The molecule has 1 unspecified atom stereocenters. The number of nitrogens with zero attached hydrogens (tertiary/aromatic N) is 3. The molecule has 0 fully saturated rings. The Bertz CT molecular complexity index is 641. The third-order valence-electron chi connectivity index (χ3n) is 3.54. The molecule has 0 saturated heterocycles. The van der Waals surface area contributed by atoms with E-state index in [-0.39, 0.29) is 17.3 Å². The molecule has 2 heterocycles. The summed E-state index contributed by atoms with van der Waals surface area (Å²) in [6.07, 6.45) is 6.41. The van der Waals surface area contributed by atoms with Crippen molar-refractivity contribution in [1.29, 1.82) is 0 Å². The van der Waals surface area contributed by atoms with Crippen LogP contribution in [0.3, 0.4) is 0 Å². The molecule has 98 valence electrons. The van der Waals surface area contributed by atoms with E-state index in [1.54, 1.807) is 6.08 Å². The van der Waals surface area contributed by atoms with Crippen LogP contribution in [0.1, 0.15) is 29.8 Å². The number of rotatable bonds is 1. The van der Waals surface area contributed by atoms with Gasteiger partial charge in [0.1, 0.15) is 5.92 Å². The van der Waals surface area contributed by atoms with E-state index >= 15 is 0 Å². The van der Waals surface area contributed by atoms with Gasteiger partial charge in [0.05, 0.1) is 4.92 Å². The van der Waals surface area contributed by atoms with Crippen LogP contribution in [0.2, 0.25) is 0 Å². The van der Waals surface area contributed by atoms with Gasteiger partial charge in [0.2, 0.25) is 17.8 Å². The van der Waals surface area contributed by atoms with Crippen molar-refractivity contribution in [3.05, 3.63) is 45.1 Å². The van der Waals surface area contributed by atoms with E-state index in [1.165, 1.54) is 16.8 Å². The van der Waals surface area contributed by atoms with Crippen molar-refractivity contribution in [3.63, 3.8) is 0 Å². The lowest BCUT2D eigenvalue weighted by Crippen LogP contribution is -2.26. The van der Waals surface area contributed by atoms with Gasteiger partial charge in [-0.3, -0.25) is 19.5 Å². The van der Waals surface area contributed by atoms with Gasteiger partial charge in [-0.15, -0.1) is 0 Å². The van der Waals surface area contributed by atoms with Crippen LogP contribution in [-0.2, 0) is 0 Å². The molecule has 0 bridgehead atoms. The lowest BCUT2D eigenvalue weighted by Gasteiger charge is -2.18. The van der Waals surface area contributed by atoms with Gasteiger partial charge >= 0.3 is 5.69 Å². The summed E-state index contributed by atoms with van der Waals surface area (Å²) in [6, 6.07) is 1.25. The van der Waals surface area contributed by atoms with E-state index in [1.807, 2.05) is 0 Å². The molecule has 7 heteroatoms. The van der Waals surface area contributed by atoms with Crippen LogP contribution in [-0.4, -0.2) is 26.4 Å². The largest absolute Gasteiger partial charge is 0.618 e. The zero-order chi connectivity index (χ0) is 13.6. The van der Waals surface area contributed by atoms with Gasteiger partial charge in [0, 0.05) is 12.3 Å². The van der Waals surface area contributed by atoms with Crippen molar-refractivity contribution >= 4 is 17.8 Å². The molecular formula is C12H11N3O4. The van der Waals surface area contributed by atoms with Gasteiger partial charge in [-0.1, -0.05) is 0 Å². The Kier molecular flexibility index (Phi) is 2.48. The molecule has 1 aliphatic heterocycles. The molecule has 0 radical (unpaired) electrons. The molecule has 0 saturated carbocycles. The van der Waals surface area contributed by atoms with E-state index in [0.29, 0.717) is 16.9 Å². The van der Waals surface area contributed by atoms with E-state index in [4.69, 9.17) is 0 Å². The van der Waals surface area contributed by atoms with Crippen LogP contribution in [0, 0.1) is 21.2 Å². The zero-order valence-electron chi connectivity index (χ0n) is 9.98. The van der Waals surface area contributed by atoms with Gasteiger partial charge in [-0.05, 0) is 25.3 Å².